The molecule has 0 bridgehead atoms. The molecule has 0 fully saturated rings. The van der Waals surface area contributed by atoms with E-state index in [2.05, 4.69) is 15.3 Å². The number of hydrogen-bond acceptors (Lipinski definition) is 5. The maximum atomic E-state index is 5.36. The van der Waals surface area contributed by atoms with E-state index in [1.807, 2.05) is 36.6 Å². The number of nitrogens with zero attached hydrogens (tertiary/aromatic N) is 2. The van der Waals surface area contributed by atoms with Crippen molar-refractivity contribution in [3.63, 3.8) is 0 Å². The summed E-state index contributed by atoms with van der Waals surface area (Å²) >= 11 is 1.60. The van der Waals surface area contributed by atoms with Gasteiger partial charge in [0.05, 0.1) is 18.2 Å². The molecule has 96 valence electrons. The van der Waals surface area contributed by atoms with Crippen molar-refractivity contribution in [2.75, 3.05) is 12.4 Å². The largest absolute Gasteiger partial charge is 0.495 e. The molecule has 3 aromatic rings. The number of fused-ring (bicyclic) bond motifs is 1. The molecule has 0 atom stereocenters. The monoisotopic (exact) mass is 271 g/mol. The van der Waals surface area contributed by atoms with Gasteiger partial charge in [-0.05, 0) is 36.1 Å². The summed E-state index contributed by atoms with van der Waals surface area (Å²) < 4.78 is 5.36. The summed E-state index contributed by atoms with van der Waals surface area (Å²) in [6, 6.07) is 8.03. The molecule has 0 aliphatic heterocycles. The highest BCUT2D eigenvalue weighted by atomic mass is 32.1. The van der Waals surface area contributed by atoms with Gasteiger partial charge in [-0.15, -0.1) is 11.3 Å². The topological polar surface area (TPSA) is 47.0 Å². The first kappa shape index (κ1) is 11.9. The summed E-state index contributed by atoms with van der Waals surface area (Å²) in [6.45, 7) is 2.05. The minimum Gasteiger partial charge on any atom is -0.495 e. The Balaban J connectivity index is 2.05. The Morgan fingerprint density at radius 3 is 2.95 bits per heavy atom. The molecule has 19 heavy (non-hydrogen) atoms. The zero-order valence-electron chi connectivity index (χ0n) is 10.7. The lowest BCUT2D eigenvalue weighted by Gasteiger charge is -2.11. The van der Waals surface area contributed by atoms with Crippen LogP contribution in [0, 0.1) is 6.92 Å². The summed E-state index contributed by atoms with van der Waals surface area (Å²) in [7, 11) is 1.66. The highest BCUT2D eigenvalue weighted by Crippen LogP contribution is 2.31. The molecule has 4 nitrogen and oxygen atoms in total. The molecule has 5 heteroatoms. The van der Waals surface area contributed by atoms with Crippen LogP contribution in [-0.4, -0.2) is 17.1 Å². The lowest BCUT2D eigenvalue weighted by Crippen LogP contribution is -1.98. The fourth-order valence-corrected chi connectivity index (χ4v) is 2.67. The van der Waals surface area contributed by atoms with Crippen molar-refractivity contribution >= 4 is 33.1 Å². The molecule has 0 saturated heterocycles. The first-order valence-corrected chi connectivity index (χ1v) is 6.76. The van der Waals surface area contributed by atoms with E-state index in [0.29, 0.717) is 0 Å². The molecule has 0 radical (unpaired) electrons. The molecule has 1 N–H and O–H groups in total. The number of aryl methyl sites for hydroxylation is 1. The quantitative estimate of drug-likeness (QED) is 0.788. The second kappa shape index (κ2) is 4.85. The Bertz CT molecular complexity index is 724. The Morgan fingerprint density at radius 1 is 1.21 bits per heavy atom. The lowest BCUT2D eigenvalue weighted by molar-refractivity contribution is 0.416. The van der Waals surface area contributed by atoms with E-state index in [1.54, 1.807) is 24.8 Å². The number of nitrogens with one attached hydrogen (secondary N) is 1. The highest BCUT2D eigenvalue weighted by Gasteiger charge is 2.08. The minimum absolute atomic E-state index is 0.799. The molecule has 0 aliphatic carbocycles. The minimum atomic E-state index is 0.799. The van der Waals surface area contributed by atoms with Crippen LogP contribution in [-0.2, 0) is 0 Å². The molecule has 3 rings (SSSR count). The zero-order chi connectivity index (χ0) is 13.2. The van der Waals surface area contributed by atoms with E-state index in [-0.39, 0.29) is 0 Å². The van der Waals surface area contributed by atoms with Gasteiger partial charge in [-0.1, -0.05) is 6.07 Å². The van der Waals surface area contributed by atoms with E-state index < -0.39 is 0 Å². The number of anilines is 2. The maximum absolute atomic E-state index is 5.36. The molecule has 2 heterocycles. The van der Waals surface area contributed by atoms with Crippen molar-refractivity contribution in [3.05, 3.63) is 41.5 Å². The Kier molecular flexibility index (Phi) is 3.05. The Morgan fingerprint density at radius 2 is 2.11 bits per heavy atom. The summed E-state index contributed by atoms with van der Waals surface area (Å²) in [6.07, 6.45) is 1.57. The van der Waals surface area contributed by atoms with Crippen molar-refractivity contribution < 1.29 is 4.74 Å². The Hall–Kier alpha value is -2.14. The average Bonchev–Trinajstić information content (AvgIpc) is 2.88. The van der Waals surface area contributed by atoms with Gasteiger partial charge in [0, 0.05) is 0 Å². The number of rotatable bonds is 3. The summed E-state index contributed by atoms with van der Waals surface area (Å²) in [5.41, 5.74) is 2.08. The standard InChI is InChI=1S/C14H13N3OS/c1-9-3-4-12(18-2)11(7-9)17-13-10-5-6-19-14(10)16-8-15-13/h3-8H,1-2H3,(H,15,16,17). The van der Waals surface area contributed by atoms with Gasteiger partial charge in [-0.3, -0.25) is 0 Å². The van der Waals surface area contributed by atoms with E-state index in [1.165, 1.54) is 5.56 Å². The smallest absolute Gasteiger partial charge is 0.142 e. The third kappa shape index (κ3) is 2.24. The van der Waals surface area contributed by atoms with Gasteiger partial charge in [-0.25, -0.2) is 9.97 Å². The number of methoxy groups -OCH3 is 1. The maximum Gasteiger partial charge on any atom is 0.142 e. The van der Waals surface area contributed by atoms with Crippen LogP contribution >= 0.6 is 11.3 Å². The van der Waals surface area contributed by atoms with Crippen LogP contribution in [0.1, 0.15) is 5.56 Å². The number of hydrogen-bond donors (Lipinski definition) is 1. The van der Waals surface area contributed by atoms with Gasteiger partial charge >= 0.3 is 0 Å². The zero-order valence-corrected chi connectivity index (χ0v) is 11.5. The van der Waals surface area contributed by atoms with Crippen LogP contribution < -0.4 is 10.1 Å². The van der Waals surface area contributed by atoms with Crippen molar-refractivity contribution in [1.29, 1.82) is 0 Å². The number of benzene rings is 1. The number of ether oxygens (including phenoxy) is 1. The third-order valence-corrected chi connectivity index (χ3v) is 3.69. The number of aromatic nitrogens is 2. The first-order chi connectivity index (χ1) is 9.28. The fourth-order valence-electron chi connectivity index (χ4n) is 1.94. The van der Waals surface area contributed by atoms with Gasteiger partial charge in [0.15, 0.2) is 0 Å². The van der Waals surface area contributed by atoms with Crippen molar-refractivity contribution in [3.8, 4) is 5.75 Å². The van der Waals surface area contributed by atoms with Crippen LogP contribution in [0.3, 0.4) is 0 Å². The normalized spacial score (nSPS) is 10.6. The molecule has 0 spiro atoms. The number of thiophene rings is 1. The second-order valence-electron chi connectivity index (χ2n) is 4.19. The Labute approximate surface area is 115 Å². The fraction of sp³-hybridized carbons (Fsp3) is 0.143. The van der Waals surface area contributed by atoms with Crippen LogP contribution in [0.25, 0.3) is 10.2 Å². The SMILES string of the molecule is COc1ccc(C)cc1Nc1ncnc2sccc12. The van der Waals surface area contributed by atoms with Gasteiger partial charge in [0.1, 0.15) is 22.7 Å². The molecule has 0 unspecified atom stereocenters. The third-order valence-electron chi connectivity index (χ3n) is 2.87. The van der Waals surface area contributed by atoms with Crippen LogP contribution in [0.5, 0.6) is 5.75 Å². The predicted molar refractivity (Wildman–Crippen MR) is 78.4 cm³/mol. The molecule has 0 saturated carbocycles. The molecule has 2 aromatic heterocycles. The average molecular weight is 271 g/mol. The lowest BCUT2D eigenvalue weighted by atomic mass is 10.2. The molecule has 0 amide bonds. The van der Waals surface area contributed by atoms with E-state index in [4.69, 9.17) is 4.74 Å². The van der Waals surface area contributed by atoms with E-state index >= 15 is 0 Å². The molecular weight excluding hydrogens is 258 g/mol. The van der Waals surface area contributed by atoms with Crippen LogP contribution in [0.15, 0.2) is 36.0 Å². The van der Waals surface area contributed by atoms with Gasteiger partial charge < -0.3 is 10.1 Å². The first-order valence-electron chi connectivity index (χ1n) is 5.88. The van der Waals surface area contributed by atoms with Gasteiger partial charge in [0.2, 0.25) is 0 Å². The van der Waals surface area contributed by atoms with Crippen LogP contribution in [0.2, 0.25) is 0 Å². The highest BCUT2D eigenvalue weighted by molar-refractivity contribution is 7.16. The van der Waals surface area contributed by atoms with Gasteiger partial charge in [0.25, 0.3) is 0 Å². The summed E-state index contributed by atoms with van der Waals surface area (Å²) in [5, 5.41) is 6.36. The molecule has 0 aliphatic rings. The summed E-state index contributed by atoms with van der Waals surface area (Å²) in [4.78, 5) is 9.52. The van der Waals surface area contributed by atoms with Crippen molar-refractivity contribution in [1.82, 2.24) is 9.97 Å². The van der Waals surface area contributed by atoms with Crippen molar-refractivity contribution in [2.45, 2.75) is 6.92 Å². The van der Waals surface area contributed by atoms with Gasteiger partial charge in [-0.2, -0.15) is 0 Å². The predicted octanol–water partition coefficient (Wildman–Crippen LogP) is 3.75. The van der Waals surface area contributed by atoms with E-state index in [0.717, 1.165) is 27.5 Å². The second-order valence-corrected chi connectivity index (χ2v) is 5.09. The van der Waals surface area contributed by atoms with E-state index in [9.17, 15) is 0 Å². The summed E-state index contributed by atoms with van der Waals surface area (Å²) in [5.74, 6) is 1.60. The van der Waals surface area contributed by atoms with Crippen LogP contribution in [0.4, 0.5) is 11.5 Å². The van der Waals surface area contributed by atoms with Crippen molar-refractivity contribution in [2.24, 2.45) is 0 Å². The molecular formula is C14H13N3OS. The molecule has 1 aromatic carbocycles.